The zero-order chi connectivity index (χ0) is 12.3. The third-order valence-corrected chi connectivity index (χ3v) is 4.05. The summed E-state index contributed by atoms with van der Waals surface area (Å²) in [6.45, 7) is 3.74. The first-order chi connectivity index (χ1) is 8.18. The van der Waals surface area contributed by atoms with Gasteiger partial charge in [-0.2, -0.15) is 0 Å². The Balaban J connectivity index is 2.14. The molecule has 0 radical (unpaired) electrons. The Morgan fingerprint density at radius 2 is 2.53 bits per heavy atom. The molecule has 0 saturated carbocycles. The predicted molar refractivity (Wildman–Crippen MR) is 70.8 cm³/mol. The summed E-state index contributed by atoms with van der Waals surface area (Å²) in [6.07, 6.45) is 5.11. The maximum atomic E-state index is 12.3. The summed E-state index contributed by atoms with van der Waals surface area (Å²) in [5, 5.41) is 6.24. The first-order valence-corrected chi connectivity index (χ1v) is 6.59. The Bertz CT molecular complexity index is 416. The molecule has 0 aromatic carbocycles. The molecule has 0 bridgehead atoms. The molecule has 0 spiro atoms. The van der Waals surface area contributed by atoms with E-state index in [0.29, 0.717) is 0 Å². The normalized spacial score (nSPS) is 23.6. The smallest absolute Gasteiger partial charge is 0.231 e. The number of halogens is 1. The van der Waals surface area contributed by atoms with Crippen LogP contribution in [0.15, 0.2) is 22.9 Å². The number of hydrogen-bond acceptors (Lipinski definition) is 3. The average molecular weight is 298 g/mol. The number of amides is 1. The average Bonchev–Trinajstić information content (AvgIpc) is 2.82. The summed E-state index contributed by atoms with van der Waals surface area (Å²) in [5.74, 6) is 0.0944. The van der Waals surface area contributed by atoms with Crippen LogP contribution >= 0.6 is 15.9 Å². The van der Waals surface area contributed by atoms with E-state index in [0.717, 1.165) is 36.1 Å². The molecule has 1 atom stereocenters. The SMILES string of the molecule is CCC1(C(=O)Nc2ccncc2Br)CCNC1. The fraction of sp³-hybridized carbons (Fsp3) is 0.500. The highest BCUT2D eigenvalue weighted by atomic mass is 79.9. The predicted octanol–water partition coefficient (Wildman–Crippen LogP) is 2.17. The largest absolute Gasteiger partial charge is 0.324 e. The van der Waals surface area contributed by atoms with E-state index >= 15 is 0 Å². The van der Waals surface area contributed by atoms with Gasteiger partial charge in [-0.25, -0.2) is 0 Å². The van der Waals surface area contributed by atoms with E-state index in [1.807, 2.05) is 0 Å². The van der Waals surface area contributed by atoms with Crippen molar-refractivity contribution < 1.29 is 4.79 Å². The summed E-state index contributed by atoms with van der Waals surface area (Å²) >= 11 is 3.38. The molecule has 1 aromatic heterocycles. The van der Waals surface area contributed by atoms with Gasteiger partial charge in [0.1, 0.15) is 0 Å². The van der Waals surface area contributed by atoms with Gasteiger partial charge in [0.15, 0.2) is 0 Å². The lowest BCUT2D eigenvalue weighted by atomic mass is 9.83. The van der Waals surface area contributed by atoms with Crippen LogP contribution in [0.5, 0.6) is 0 Å². The highest BCUT2D eigenvalue weighted by Gasteiger charge is 2.39. The van der Waals surface area contributed by atoms with Crippen LogP contribution in [0.3, 0.4) is 0 Å². The molecule has 0 aliphatic carbocycles. The highest BCUT2D eigenvalue weighted by molar-refractivity contribution is 9.10. The van der Waals surface area contributed by atoms with Gasteiger partial charge in [-0.15, -0.1) is 0 Å². The minimum absolute atomic E-state index is 0.0944. The van der Waals surface area contributed by atoms with Gasteiger partial charge in [-0.1, -0.05) is 6.92 Å². The van der Waals surface area contributed by atoms with Crippen molar-refractivity contribution >= 4 is 27.5 Å². The van der Waals surface area contributed by atoms with Gasteiger partial charge >= 0.3 is 0 Å². The van der Waals surface area contributed by atoms with Crippen molar-refractivity contribution in [1.82, 2.24) is 10.3 Å². The number of rotatable bonds is 3. The molecule has 4 nitrogen and oxygen atoms in total. The van der Waals surface area contributed by atoms with Gasteiger partial charge < -0.3 is 10.6 Å². The summed E-state index contributed by atoms with van der Waals surface area (Å²) in [4.78, 5) is 16.3. The first kappa shape index (κ1) is 12.5. The Hall–Kier alpha value is -0.940. The Morgan fingerprint density at radius 1 is 1.71 bits per heavy atom. The van der Waals surface area contributed by atoms with E-state index in [-0.39, 0.29) is 11.3 Å². The van der Waals surface area contributed by atoms with E-state index in [1.54, 1.807) is 18.5 Å². The molecule has 92 valence electrons. The fourth-order valence-electron chi connectivity index (χ4n) is 2.13. The number of carbonyl (C=O) groups excluding carboxylic acids is 1. The number of pyridine rings is 1. The quantitative estimate of drug-likeness (QED) is 0.899. The molecule has 1 unspecified atom stereocenters. The second-order valence-electron chi connectivity index (χ2n) is 4.37. The zero-order valence-corrected chi connectivity index (χ0v) is 11.4. The lowest BCUT2D eigenvalue weighted by Crippen LogP contribution is -2.37. The zero-order valence-electron chi connectivity index (χ0n) is 9.79. The third kappa shape index (κ3) is 2.50. The Labute approximate surface area is 109 Å². The van der Waals surface area contributed by atoms with Crippen molar-refractivity contribution in [3.05, 3.63) is 22.9 Å². The monoisotopic (exact) mass is 297 g/mol. The van der Waals surface area contributed by atoms with Gasteiger partial charge in [0, 0.05) is 18.9 Å². The third-order valence-electron chi connectivity index (χ3n) is 3.42. The molecule has 2 heterocycles. The highest BCUT2D eigenvalue weighted by Crippen LogP contribution is 2.32. The molecule has 2 N–H and O–H groups in total. The summed E-state index contributed by atoms with van der Waals surface area (Å²) in [6, 6.07) is 1.80. The topological polar surface area (TPSA) is 54.0 Å². The van der Waals surface area contributed by atoms with E-state index in [4.69, 9.17) is 0 Å². The van der Waals surface area contributed by atoms with Crippen molar-refractivity contribution in [1.29, 1.82) is 0 Å². The number of hydrogen-bond donors (Lipinski definition) is 2. The molecule has 17 heavy (non-hydrogen) atoms. The van der Waals surface area contributed by atoms with Crippen LogP contribution in [-0.2, 0) is 4.79 Å². The molecule has 1 fully saturated rings. The van der Waals surface area contributed by atoms with Crippen molar-refractivity contribution in [2.45, 2.75) is 19.8 Å². The van der Waals surface area contributed by atoms with Crippen molar-refractivity contribution in [3.63, 3.8) is 0 Å². The summed E-state index contributed by atoms with van der Waals surface area (Å²) in [7, 11) is 0. The van der Waals surface area contributed by atoms with Gasteiger partial charge in [0.25, 0.3) is 0 Å². The van der Waals surface area contributed by atoms with Gasteiger partial charge in [-0.3, -0.25) is 9.78 Å². The molecule has 1 aliphatic heterocycles. The van der Waals surface area contributed by atoms with E-state index in [9.17, 15) is 4.79 Å². The molecule has 1 aliphatic rings. The molecule has 5 heteroatoms. The van der Waals surface area contributed by atoms with Crippen LogP contribution in [-0.4, -0.2) is 24.0 Å². The van der Waals surface area contributed by atoms with Crippen molar-refractivity contribution in [2.24, 2.45) is 5.41 Å². The van der Waals surface area contributed by atoms with Gasteiger partial charge in [0.05, 0.1) is 15.6 Å². The van der Waals surface area contributed by atoms with Gasteiger partial charge in [0.2, 0.25) is 5.91 Å². The van der Waals surface area contributed by atoms with Crippen molar-refractivity contribution in [3.8, 4) is 0 Å². The van der Waals surface area contributed by atoms with E-state index in [2.05, 4.69) is 38.5 Å². The minimum atomic E-state index is -0.261. The van der Waals surface area contributed by atoms with Crippen LogP contribution in [0.25, 0.3) is 0 Å². The number of aromatic nitrogens is 1. The fourth-order valence-corrected chi connectivity index (χ4v) is 2.48. The molecule has 1 amide bonds. The molecular formula is C12H16BrN3O. The molecular weight excluding hydrogens is 282 g/mol. The number of nitrogens with zero attached hydrogens (tertiary/aromatic N) is 1. The second-order valence-corrected chi connectivity index (χ2v) is 5.22. The van der Waals surface area contributed by atoms with E-state index in [1.165, 1.54) is 0 Å². The minimum Gasteiger partial charge on any atom is -0.324 e. The van der Waals surface area contributed by atoms with Crippen LogP contribution < -0.4 is 10.6 Å². The first-order valence-electron chi connectivity index (χ1n) is 5.80. The van der Waals surface area contributed by atoms with Crippen LogP contribution in [0.2, 0.25) is 0 Å². The maximum absolute atomic E-state index is 12.3. The summed E-state index contributed by atoms with van der Waals surface area (Å²) in [5.41, 5.74) is 0.521. The summed E-state index contributed by atoms with van der Waals surface area (Å²) < 4.78 is 0.811. The lowest BCUT2D eigenvalue weighted by Gasteiger charge is -2.25. The molecule has 1 aromatic rings. The maximum Gasteiger partial charge on any atom is 0.231 e. The number of carbonyl (C=O) groups is 1. The molecule has 1 saturated heterocycles. The standard InChI is InChI=1S/C12H16BrN3O/c1-2-12(4-6-15-8-12)11(17)16-10-3-5-14-7-9(10)13/h3,5,7,15H,2,4,6,8H2,1H3,(H,14,16,17). The lowest BCUT2D eigenvalue weighted by molar-refractivity contribution is -0.124. The van der Waals surface area contributed by atoms with Crippen LogP contribution in [0.1, 0.15) is 19.8 Å². The number of nitrogens with one attached hydrogen (secondary N) is 2. The van der Waals surface area contributed by atoms with E-state index < -0.39 is 0 Å². The molecule has 2 rings (SSSR count). The Kier molecular flexibility index (Phi) is 3.79. The Morgan fingerprint density at radius 3 is 3.12 bits per heavy atom. The van der Waals surface area contributed by atoms with Crippen LogP contribution in [0, 0.1) is 5.41 Å². The van der Waals surface area contributed by atoms with Crippen LogP contribution in [0.4, 0.5) is 5.69 Å². The van der Waals surface area contributed by atoms with Gasteiger partial charge in [-0.05, 0) is 41.4 Å². The van der Waals surface area contributed by atoms with Crippen molar-refractivity contribution in [2.75, 3.05) is 18.4 Å². The second kappa shape index (κ2) is 5.14. The number of anilines is 1.